The highest BCUT2D eigenvalue weighted by Gasteiger charge is 2.54. The number of aliphatic hydroxyl groups is 9. The van der Waals surface area contributed by atoms with Gasteiger partial charge in [0, 0.05) is 0 Å². The number of aliphatic hydroxyl groups excluding tert-OH is 9. The third-order valence-electron chi connectivity index (χ3n) is 6.41. The monoisotopic (exact) mass is 528 g/mol. The Hall–Kier alpha value is -0.860. The first-order valence-corrected chi connectivity index (χ1v) is 11.5. The normalized spacial score (nSPS) is 50.1. The molecule has 0 aromatic rings. The van der Waals surface area contributed by atoms with E-state index in [-0.39, 0.29) is 6.61 Å². The molecule has 15 atom stereocenters. The predicted molar refractivity (Wildman–Crippen MR) is 114 cm³/mol. The molecule has 0 saturated carbocycles. The van der Waals surface area contributed by atoms with Crippen LogP contribution < -0.4 is 0 Å². The van der Waals surface area contributed by atoms with Gasteiger partial charge in [-0.15, -0.1) is 6.58 Å². The smallest absolute Gasteiger partial charge is 0.187 e. The van der Waals surface area contributed by atoms with Crippen LogP contribution in [0.5, 0.6) is 0 Å². The zero-order valence-electron chi connectivity index (χ0n) is 19.5. The van der Waals surface area contributed by atoms with Crippen LogP contribution in [-0.2, 0) is 28.4 Å². The van der Waals surface area contributed by atoms with Crippen LogP contribution in [0.2, 0.25) is 0 Å². The molecule has 3 rings (SSSR count). The highest BCUT2D eigenvalue weighted by molar-refractivity contribution is 4.96. The Balaban J connectivity index is 1.88. The lowest BCUT2D eigenvalue weighted by atomic mass is 9.96. The fourth-order valence-electron chi connectivity index (χ4n) is 4.28. The number of rotatable bonds is 9. The first-order valence-electron chi connectivity index (χ1n) is 11.5. The van der Waals surface area contributed by atoms with E-state index in [0.717, 1.165) is 0 Å². The third kappa shape index (κ3) is 6.06. The summed E-state index contributed by atoms with van der Waals surface area (Å²) < 4.78 is 33.3. The summed E-state index contributed by atoms with van der Waals surface area (Å²) in [5, 5.41) is 91.3. The average Bonchev–Trinajstić information content (AvgIpc) is 2.87. The van der Waals surface area contributed by atoms with Gasteiger partial charge in [-0.2, -0.15) is 0 Å². The molecule has 0 spiro atoms. The zero-order chi connectivity index (χ0) is 26.7. The molecular formula is C21H36O15. The number of ether oxygens (including phenoxy) is 6. The summed E-state index contributed by atoms with van der Waals surface area (Å²) in [6.07, 6.45) is -21.5. The largest absolute Gasteiger partial charge is 0.394 e. The molecule has 0 radical (unpaired) electrons. The Morgan fingerprint density at radius 2 is 1.17 bits per heavy atom. The molecule has 0 bridgehead atoms. The first kappa shape index (κ1) is 29.7. The van der Waals surface area contributed by atoms with E-state index >= 15 is 0 Å². The highest BCUT2D eigenvalue weighted by atomic mass is 16.8. The van der Waals surface area contributed by atoms with E-state index in [1.165, 1.54) is 13.0 Å². The maximum absolute atomic E-state index is 11.0. The van der Waals surface area contributed by atoms with Gasteiger partial charge in [0.25, 0.3) is 0 Å². The number of hydrogen-bond donors (Lipinski definition) is 9. The Bertz CT molecular complexity index is 696. The van der Waals surface area contributed by atoms with Gasteiger partial charge in [0.2, 0.25) is 0 Å². The summed E-state index contributed by atoms with van der Waals surface area (Å²) in [6, 6.07) is 0. The van der Waals surface area contributed by atoms with Gasteiger partial charge in [-0.1, -0.05) is 6.08 Å². The Kier molecular flexibility index (Phi) is 10.6. The van der Waals surface area contributed by atoms with Gasteiger partial charge in [-0.25, -0.2) is 0 Å². The Labute approximate surface area is 206 Å². The quantitative estimate of drug-likeness (QED) is 0.127. The van der Waals surface area contributed by atoms with Crippen molar-refractivity contribution in [1.82, 2.24) is 0 Å². The van der Waals surface area contributed by atoms with Gasteiger partial charge in [-0.05, 0) is 6.92 Å². The lowest BCUT2D eigenvalue weighted by molar-refractivity contribution is -0.385. The van der Waals surface area contributed by atoms with Crippen molar-refractivity contribution >= 4 is 0 Å². The van der Waals surface area contributed by atoms with Crippen molar-refractivity contribution in [2.75, 3.05) is 19.8 Å². The van der Waals surface area contributed by atoms with Crippen LogP contribution in [0.4, 0.5) is 0 Å². The van der Waals surface area contributed by atoms with Gasteiger partial charge in [0.15, 0.2) is 18.9 Å². The van der Waals surface area contributed by atoms with Crippen molar-refractivity contribution in [1.29, 1.82) is 0 Å². The molecule has 3 aliphatic rings. The molecular weight excluding hydrogens is 492 g/mol. The molecule has 210 valence electrons. The Morgan fingerprint density at radius 3 is 1.75 bits per heavy atom. The van der Waals surface area contributed by atoms with Crippen LogP contribution in [0.3, 0.4) is 0 Å². The minimum Gasteiger partial charge on any atom is -0.394 e. The third-order valence-corrected chi connectivity index (χ3v) is 6.41. The van der Waals surface area contributed by atoms with Gasteiger partial charge in [0.1, 0.15) is 67.1 Å². The molecule has 3 saturated heterocycles. The fraction of sp³-hybridized carbons (Fsp3) is 0.905. The minimum absolute atomic E-state index is 0.0602. The molecule has 3 aliphatic heterocycles. The molecule has 0 aliphatic carbocycles. The van der Waals surface area contributed by atoms with Gasteiger partial charge in [-0.3, -0.25) is 0 Å². The van der Waals surface area contributed by atoms with E-state index in [2.05, 4.69) is 6.58 Å². The number of hydrogen-bond acceptors (Lipinski definition) is 15. The van der Waals surface area contributed by atoms with Crippen LogP contribution in [0.15, 0.2) is 12.7 Å². The molecule has 0 aromatic heterocycles. The lowest BCUT2D eigenvalue weighted by Crippen LogP contribution is -2.67. The maximum Gasteiger partial charge on any atom is 0.187 e. The molecule has 15 nitrogen and oxygen atoms in total. The summed E-state index contributed by atoms with van der Waals surface area (Å²) in [6.45, 7) is 3.42. The van der Waals surface area contributed by atoms with Crippen molar-refractivity contribution in [2.24, 2.45) is 0 Å². The van der Waals surface area contributed by atoms with E-state index in [0.29, 0.717) is 0 Å². The van der Waals surface area contributed by atoms with Crippen molar-refractivity contribution < 1.29 is 74.4 Å². The molecule has 9 N–H and O–H groups in total. The summed E-state index contributed by atoms with van der Waals surface area (Å²) in [5.41, 5.74) is 0. The van der Waals surface area contributed by atoms with Crippen LogP contribution in [0, 0.1) is 0 Å². The second kappa shape index (κ2) is 12.8. The minimum atomic E-state index is -1.82. The highest BCUT2D eigenvalue weighted by Crippen LogP contribution is 2.33. The molecule has 0 aromatic carbocycles. The lowest BCUT2D eigenvalue weighted by Gasteiger charge is -2.48. The van der Waals surface area contributed by atoms with Crippen molar-refractivity contribution in [2.45, 2.75) is 99.0 Å². The van der Waals surface area contributed by atoms with Crippen LogP contribution >= 0.6 is 0 Å². The van der Waals surface area contributed by atoms with Crippen molar-refractivity contribution in [3.8, 4) is 0 Å². The van der Waals surface area contributed by atoms with Crippen LogP contribution in [-0.4, -0.2) is 158 Å². The Morgan fingerprint density at radius 1 is 0.639 bits per heavy atom. The zero-order valence-corrected chi connectivity index (χ0v) is 19.5. The van der Waals surface area contributed by atoms with E-state index in [4.69, 9.17) is 28.4 Å². The summed E-state index contributed by atoms with van der Waals surface area (Å²) in [7, 11) is 0. The van der Waals surface area contributed by atoms with E-state index in [1.807, 2.05) is 0 Å². The molecule has 0 unspecified atom stereocenters. The SMILES string of the molecule is C=CCO[C@@H]1O[C@H](CO)[C@@H](O[C@@H]2O[C@H](CO)[C@H](O)[C@H](O)[C@H]2O)[C@H](O[C@@H]2O[C@@H](C)[C@H](O)[C@@H](O)[C@H]2O)[C@H]1O. The second-order valence-electron chi connectivity index (χ2n) is 8.92. The fourth-order valence-corrected chi connectivity index (χ4v) is 4.28. The average molecular weight is 529 g/mol. The molecule has 15 heteroatoms. The van der Waals surface area contributed by atoms with Gasteiger partial charge >= 0.3 is 0 Å². The molecule has 3 heterocycles. The standard InChI is InChI=1S/C21H36O15/c1-3-4-31-19-16(30)18(36-20-14(28)12(26)10(24)7(2)32-20)17(9(6-23)34-19)35-21-15(29)13(27)11(25)8(5-22)33-21/h3,7-30H,1,4-6H2,2H3/t7-,8+,9+,10-,11-,12+,13-,14+,15+,16+,17+,18+,19+,20-,21-/m0/s1. The van der Waals surface area contributed by atoms with Crippen LogP contribution in [0.1, 0.15) is 6.92 Å². The van der Waals surface area contributed by atoms with E-state index < -0.39 is 105 Å². The second-order valence-corrected chi connectivity index (χ2v) is 8.92. The summed E-state index contributed by atoms with van der Waals surface area (Å²) in [5.74, 6) is 0. The van der Waals surface area contributed by atoms with Crippen LogP contribution in [0.25, 0.3) is 0 Å². The van der Waals surface area contributed by atoms with Crippen molar-refractivity contribution in [3.63, 3.8) is 0 Å². The summed E-state index contributed by atoms with van der Waals surface area (Å²) in [4.78, 5) is 0. The topological polar surface area (TPSA) is 237 Å². The van der Waals surface area contributed by atoms with Gasteiger partial charge < -0.3 is 74.4 Å². The molecule has 0 amide bonds. The van der Waals surface area contributed by atoms with E-state index in [9.17, 15) is 46.0 Å². The predicted octanol–water partition coefficient (Wildman–Crippen LogP) is -5.34. The maximum atomic E-state index is 11.0. The first-order chi connectivity index (χ1) is 17.0. The molecule has 36 heavy (non-hydrogen) atoms. The molecule has 3 fully saturated rings. The summed E-state index contributed by atoms with van der Waals surface area (Å²) >= 11 is 0. The van der Waals surface area contributed by atoms with Crippen molar-refractivity contribution in [3.05, 3.63) is 12.7 Å². The van der Waals surface area contributed by atoms with Gasteiger partial charge in [0.05, 0.1) is 25.9 Å². The van der Waals surface area contributed by atoms with E-state index in [1.54, 1.807) is 0 Å².